The van der Waals surface area contributed by atoms with Crippen molar-refractivity contribution in [3.05, 3.63) is 23.5 Å². The van der Waals surface area contributed by atoms with Gasteiger partial charge in [-0.15, -0.1) is 11.3 Å². The van der Waals surface area contributed by atoms with Crippen LogP contribution in [0.3, 0.4) is 0 Å². The maximum atomic E-state index is 14.2. The molecule has 1 aromatic heterocycles. The van der Waals surface area contributed by atoms with Gasteiger partial charge in [-0.25, -0.2) is 9.37 Å². The van der Waals surface area contributed by atoms with Gasteiger partial charge in [-0.05, 0) is 39.8 Å². The summed E-state index contributed by atoms with van der Waals surface area (Å²) in [5.74, 6) is -0.310. The Morgan fingerprint density at radius 3 is 2.42 bits per heavy atom. The summed E-state index contributed by atoms with van der Waals surface area (Å²) in [4.78, 5) is 4.21. The van der Waals surface area contributed by atoms with E-state index < -0.39 is 18.3 Å². The highest BCUT2D eigenvalue weighted by molar-refractivity contribution is 7.16. The molecular formula is C13H15BFNO2S. The van der Waals surface area contributed by atoms with Crippen LogP contribution in [0.2, 0.25) is 0 Å². The van der Waals surface area contributed by atoms with Crippen molar-refractivity contribution in [3.63, 3.8) is 0 Å². The van der Waals surface area contributed by atoms with Crippen LogP contribution in [-0.2, 0) is 9.31 Å². The highest BCUT2D eigenvalue weighted by Crippen LogP contribution is 2.36. The molecular weight excluding hydrogens is 264 g/mol. The standard InChI is InChI=1S/C13H15BFNO2S/c1-12(2)13(3,4)18-14(17-12)8-5-10-11(6-9(8)15)19-7-16-10/h5-7H,1-4H3. The summed E-state index contributed by atoms with van der Waals surface area (Å²) in [7, 11) is -0.684. The summed E-state index contributed by atoms with van der Waals surface area (Å²) in [6.45, 7) is 7.80. The third-order valence-electron chi connectivity index (χ3n) is 3.96. The molecule has 1 aliphatic heterocycles. The quantitative estimate of drug-likeness (QED) is 0.752. The molecule has 1 aliphatic rings. The minimum atomic E-state index is -0.684. The fourth-order valence-electron chi connectivity index (χ4n) is 2.05. The Kier molecular flexibility index (Phi) is 2.75. The molecule has 0 aliphatic carbocycles. The van der Waals surface area contributed by atoms with Gasteiger partial charge < -0.3 is 9.31 Å². The molecule has 1 fully saturated rings. The van der Waals surface area contributed by atoms with E-state index in [0.717, 1.165) is 10.2 Å². The molecule has 2 heterocycles. The van der Waals surface area contributed by atoms with E-state index in [1.54, 1.807) is 11.6 Å². The maximum Gasteiger partial charge on any atom is 0.497 e. The van der Waals surface area contributed by atoms with Crippen LogP contribution in [-0.4, -0.2) is 23.3 Å². The number of nitrogens with zero attached hydrogens (tertiary/aromatic N) is 1. The largest absolute Gasteiger partial charge is 0.497 e. The zero-order valence-electron chi connectivity index (χ0n) is 11.4. The lowest BCUT2D eigenvalue weighted by Gasteiger charge is -2.32. The van der Waals surface area contributed by atoms with Crippen LogP contribution in [0.15, 0.2) is 17.6 Å². The predicted octanol–water partition coefficient (Wildman–Crippen LogP) is 2.73. The number of hydrogen-bond donors (Lipinski definition) is 0. The van der Waals surface area contributed by atoms with Gasteiger partial charge in [0.25, 0.3) is 0 Å². The first-order valence-electron chi connectivity index (χ1n) is 6.18. The molecule has 0 radical (unpaired) electrons. The minimum absolute atomic E-state index is 0.310. The second-order valence-corrected chi connectivity index (χ2v) is 6.67. The van der Waals surface area contributed by atoms with Crippen molar-refractivity contribution in [2.24, 2.45) is 0 Å². The summed E-state index contributed by atoms with van der Waals surface area (Å²) in [6, 6.07) is 3.21. The van der Waals surface area contributed by atoms with Gasteiger partial charge in [0.05, 0.1) is 26.9 Å². The number of thiazole rings is 1. The first-order valence-corrected chi connectivity index (χ1v) is 7.06. The Morgan fingerprint density at radius 1 is 1.16 bits per heavy atom. The number of rotatable bonds is 1. The smallest absolute Gasteiger partial charge is 0.399 e. The lowest BCUT2D eigenvalue weighted by molar-refractivity contribution is 0.00578. The number of fused-ring (bicyclic) bond motifs is 1. The number of hydrogen-bond acceptors (Lipinski definition) is 4. The molecule has 0 amide bonds. The fourth-order valence-corrected chi connectivity index (χ4v) is 2.73. The average molecular weight is 279 g/mol. The van der Waals surface area contributed by atoms with Gasteiger partial charge >= 0.3 is 7.12 Å². The molecule has 100 valence electrons. The first-order chi connectivity index (χ1) is 8.80. The van der Waals surface area contributed by atoms with Crippen LogP contribution < -0.4 is 5.46 Å². The Bertz CT molecular complexity index is 625. The van der Waals surface area contributed by atoms with Crippen LogP contribution in [0, 0.1) is 5.82 Å². The monoisotopic (exact) mass is 279 g/mol. The minimum Gasteiger partial charge on any atom is -0.399 e. The summed E-state index contributed by atoms with van der Waals surface area (Å²) in [6.07, 6.45) is 0. The number of benzene rings is 1. The average Bonchev–Trinajstić information content (AvgIpc) is 2.80. The van der Waals surface area contributed by atoms with Crippen LogP contribution in [0.25, 0.3) is 10.2 Å². The summed E-state index contributed by atoms with van der Waals surface area (Å²) in [5, 5.41) is 0. The van der Waals surface area contributed by atoms with Crippen molar-refractivity contribution in [2.75, 3.05) is 0 Å². The molecule has 6 heteroatoms. The van der Waals surface area contributed by atoms with Gasteiger partial charge in [0.15, 0.2) is 0 Å². The fraction of sp³-hybridized carbons (Fsp3) is 0.462. The molecule has 0 N–H and O–H groups in total. The summed E-state index contributed by atoms with van der Waals surface area (Å²) >= 11 is 1.42. The van der Waals surface area contributed by atoms with Crippen LogP contribution >= 0.6 is 11.3 Å². The van der Waals surface area contributed by atoms with Crippen molar-refractivity contribution in [1.82, 2.24) is 4.98 Å². The zero-order chi connectivity index (χ0) is 13.8. The first kappa shape index (κ1) is 13.0. The number of halogens is 1. The Labute approximate surface area is 115 Å². The lowest BCUT2D eigenvalue weighted by Crippen LogP contribution is -2.41. The molecule has 1 aromatic carbocycles. The highest BCUT2D eigenvalue weighted by Gasteiger charge is 2.52. The molecule has 3 nitrogen and oxygen atoms in total. The van der Waals surface area contributed by atoms with Crippen molar-refractivity contribution in [3.8, 4) is 0 Å². The Balaban J connectivity index is 2.04. The molecule has 0 unspecified atom stereocenters. The van der Waals surface area contributed by atoms with E-state index in [-0.39, 0.29) is 5.82 Å². The lowest BCUT2D eigenvalue weighted by atomic mass is 9.78. The van der Waals surface area contributed by atoms with Crippen LogP contribution in [0.4, 0.5) is 4.39 Å². The van der Waals surface area contributed by atoms with Gasteiger partial charge in [0, 0.05) is 5.46 Å². The van der Waals surface area contributed by atoms with E-state index in [0.29, 0.717) is 5.46 Å². The van der Waals surface area contributed by atoms with Gasteiger partial charge in [-0.3, -0.25) is 0 Å². The van der Waals surface area contributed by atoms with Crippen LogP contribution in [0.5, 0.6) is 0 Å². The molecule has 0 atom stereocenters. The van der Waals surface area contributed by atoms with E-state index in [4.69, 9.17) is 9.31 Å². The van der Waals surface area contributed by atoms with Crippen molar-refractivity contribution in [1.29, 1.82) is 0 Å². The molecule has 0 saturated carbocycles. The van der Waals surface area contributed by atoms with Gasteiger partial charge in [-0.2, -0.15) is 0 Å². The molecule has 3 rings (SSSR count). The van der Waals surface area contributed by atoms with Crippen molar-refractivity contribution >= 4 is 34.1 Å². The van der Waals surface area contributed by atoms with Crippen molar-refractivity contribution < 1.29 is 13.7 Å². The number of aromatic nitrogens is 1. The third kappa shape index (κ3) is 1.98. The molecule has 19 heavy (non-hydrogen) atoms. The topological polar surface area (TPSA) is 31.4 Å². The van der Waals surface area contributed by atoms with Gasteiger partial charge in [0.2, 0.25) is 0 Å². The van der Waals surface area contributed by atoms with Crippen LogP contribution in [0.1, 0.15) is 27.7 Å². The highest BCUT2D eigenvalue weighted by atomic mass is 32.1. The van der Waals surface area contributed by atoms with E-state index in [1.807, 2.05) is 27.7 Å². The van der Waals surface area contributed by atoms with Gasteiger partial charge in [0.1, 0.15) is 5.82 Å². The molecule has 0 spiro atoms. The third-order valence-corrected chi connectivity index (χ3v) is 4.75. The summed E-state index contributed by atoms with van der Waals surface area (Å²) < 4.78 is 26.7. The predicted molar refractivity (Wildman–Crippen MR) is 75.3 cm³/mol. The van der Waals surface area contributed by atoms with E-state index >= 15 is 0 Å². The zero-order valence-corrected chi connectivity index (χ0v) is 12.2. The molecule has 0 bridgehead atoms. The SMILES string of the molecule is CC1(C)OB(c2cc3ncsc3cc2F)OC1(C)C. The second kappa shape index (κ2) is 4.01. The normalized spacial score (nSPS) is 21.2. The second-order valence-electron chi connectivity index (χ2n) is 5.78. The Morgan fingerprint density at radius 2 is 1.79 bits per heavy atom. The Hall–Kier alpha value is -0.975. The summed E-state index contributed by atoms with van der Waals surface area (Å²) in [5.41, 5.74) is 1.95. The van der Waals surface area contributed by atoms with Gasteiger partial charge in [-0.1, -0.05) is 0 Å². The molecule has 1 saturated heterocycles. The molecule has 2 aromatic rings. The maximum absolute atomic E-state index is 14.2. The van der Waals surface area contributed by atoms with Crippen molar-refractivity contribution in [2.45, 2.75) is 38.9 Å². The van der Waals surface area contributed by atoms with E-state index in [9.17, 15) is 4.39 Å². The van der Waals surface area contributed by atoms with E-state index in [2.05, 4.69) is 4.98 Å². The van der Waals surface area contributed by atoms with E-state index in [1.165, 1.54) is 17.4 Å².